The molecule has 0 bridgehead atoms. The summed E-state index contributed by atoms with van der Waals surface area (Å²) in [6.45, 7) is 0.606. The van der Waals surface area contributed by atoms with Gasteiger partial charge in [0.1, 0.15) is 0 Å². The highest BCUT2D eigenvalue weighted by atomic mass is 79.9. The second-order valence-electron chi connectivity index (χ2n) is 4.62. The number of fused-ring (bicyclic) bond motifs is 1. The first-order valence-corrected chi connectivity index (χ1v) is 6.80. The van der Waals surface area contributed by atoms with Crippen LogP contribution in [0.1, 0.15) is 10.4 Å². The molecule has 0 aliphatic carbocycles. The Bertz CT molecular complexity index is 562. The molecule has 1 aliphatic rings. The number of carbonyl (C=O) groups excluding carboxylic acids is 2. The summed E-state index contributed by atoms with van der Waals surface area (Å²) in [6, 6.07) is 3.33. The molecule has 1 atom stereocenters. The minimum Gasteiger partial charge on any atom is -0.389 e. The molecule has 7 heteroatoms. The Kier molecular flexibility index (Phi) is 4.42. The summed E-state index contributed by atoms with van der Waals surface area (Å²) < 4.78 is 5.57. The molecule has 0 aromatic heterocycles. The zero-order chi connectivity index (χ0) is 14.9. The second-order valence-corrected chi connectivity index (χ2v) is 5.48. The summed E-state index contributed by atoms with van der Waals surface area (Å²) in [5.74, 6) is -1.15. The molecule has 0 fully saturated rings. The highest BCUT2D eigenvalue weighted by Crippen LogP contribution is 2.34. The SMILES string of the molecule is COCC(O)CN(C)c1cc2c(cc1Br)C(=O)C(=O)N2. The number of carbonyl (C=O) groups is 2. The van der Waals surface area contributed by atoms with Crippen molar-refractivity contribution >= 4 is 39.0 Å². The minimum absolute atomic E-state index is 0.238. The number of hydrogen-bond acceptors (Lipinski definition) is 5. The molecule has 1 heterocycles. The zero-order valence-corrected chi connectivity index (χ0v) is 12.7. The lowest BCUT2D eigenvalue weighted by atomic mass is 10.1. The average Bonchev–Trinajstić information content (AvgIpc) is 2.65. The van der Waals surface area contributed by atoms with Gasteiger partial charge in [-0.3, -0.25) is 9.59 Å². The number of benzene rings is 1. The molecule has 2 rings (SSSR count). The van der Waals surface area contributed by atoms with Crippen LogP contribution in [0.3, 0.4) is 0 Å². The zero-order valence-electron chi connectivity index (χ0n) is 11.1. The van der Waals surface area contributed by atoms with E-state index in [9.17, 15) is 14.7 Å². The molecule has 108 valence electrons. The van der Waals surface area contributed by atoms with E-state index in [1.807, 2.05) is 11.9 Å². The van der Waals surface area contributed by atoms with Crippen molar-refractivity contribution in [3.63, 3.8) is 0 Å². The molecular weight excluding hydrogens is 328 g/mol. The average molecular weight is 343 g/mol. The van der Waals surface area contributed by atoms with E-state index in [-0.39, 0.29) is 6.61 Å². The first-order chi connectivity index (χ1) is 9.43. The Morgan fingerprint density at radius 1 is 1.45 bits per heavy atom. The monoisotopic (exact) mass is 342 g/mol. The van der Waals surface area contributed by atoms with Crippen molar-refractivity contribution in [1.29, 1.82) is 0 Å². The van der Waals surface area contributed by atoms with Crippen molar-refractivity contribution in [3.05, 3.63) is 22.2 Å². The number of nitrogens with zero attached hydrogens (tertiary/aromatic N) is 1. The normalized spacial score (nSPS) is 15.0. The Morgan fingerprint density at radius 3 is 2.80 bits per heavy atom. The van der Waals surface area contributed by atoms with Crippen molar-refractivity contribution in [3.8, 4) is 0 Å². The Morgan fingerprint density at radius 2 is 2.15 bits per heavy atom. The van der Waals surface area contributed by atoms with Gasteiger partial charge in [0.05, 0.1) is 29.6 Å². The summed E-state index contributed by atoms with van der Waals surface area (Å²) in [7, 11) is 3.33. The number of hydrogen-bond donors (Lipinski definition) is 2. The quantitative estimate of drug-likeness (QED) is 0.781. The fourth-order valence-electron chi connectivity index (χ4n) is 2.11. The number of halogens is 1. The third-order valence-corrected chi connectivity index (χ3v) is 3.68. The van der Waals surface area contributed by atoms with Crippen LogP contribution in [0.5, 0.6) is 0 Å². The van der Waals surface area contributed by atoms with Gasteiger partial charge in [-0.2, -0.15) is 0 Å². The number of anilines is 2. The van der Waals surface area contributed by atoms with Crippen LogP contribution in [-0.4, -0.2) is 50.2 Å². The molecule has 1 unspecified atom stereocenters. The molecule has 1 aromatic carbocycles. The third kappa shape index (κ3) is 2.84. The maximum absolute atomic E-state index is 11.6. The van der Waals surface area contributed by atoms with E-state index in [0.29, 0.717) is 22.3 Å². The molecule has 2 N–H and O–H groups in total. The van der Waals surface area contributed by atoms with Gasteiger partial charge in [0.2, 0.25) is 0 Å². The van der Waals surface area contributed by atoms with Crippen LogP contribution in [0.25, 0.3) is 0 Å². The number of ether oxygens (including phenoxy) is 1. The topological polar surface area (TPSA) is 78.9 Å². The number of likely N-dealkylation sites (N-methyl/N-ethyl adjacent to an activating group) is 1. The van der Waals surface area contributed by atoms with E-state index < -0.39 is 17.8 Å². The number of nitrogens with one attached hydrogen (secondary N) is 1. The van der Waals surface area contributed by atoms with Crippen molar-refractivity contribution in [2.75, 3.05) is 37.5 Å². The summed E-state index contributed by atoms with van der Waals surface area (Å²) in [4.78, 5) is 24.8. The van der Waals surface area contributed by atoms with Crippen molar-refractivity contribution in [2.24, 2.45) is 0 Å². The van der Waals surface area contributed by atoms with Gasteiger partial charge >= 0.3 is 0 Å². The Balaban J connectivity index is 2.24. The van der Waals surface area contributed by atoms with E-state index in [1.54, 1.807) is 12.1 Å². The first-order valence-electron chi connectivity index (χ1n) is 6.01. The predicted molar refractivity (Wildman–Crippen MR) is 78.3 cm³/mol. The molecule has 0 saturated carbocycles. The number of aliphatic hydroxyl groups excluding tert-OH is 1. The molecule has 1 aromatic rings. The largest absolute Gasteiger partial charge is 0.389 e. The number of methoxy groups -OCH3 is 1. The van der Waals surface area contributed by atoms with Gasteiger partial charge in [-0.1, -0.05) is 0 Å². The lowest BCUT2D eigenvalue weighted by Gasteiger charge is -2.24. The fourth-order valence-corrected chi connectivity index (χ4v) is 2.75. The van der Waals surface area contributed by atoms with Gasteiger partial charge in [0.25, 0.3) is 11.7 Å². The maximum Gasteiger partial charge on any atom is 0.296 e. The first kappa shape index (κ1) is 15.0. The van der Waals surface area contributed by atoms with Crippen LogP contribution < -0.4 is 10.2 Å². The fraction of sp³-hybridized carbons (Fsp3) is 0.385. The summed E-state index contributed by atoms with van der Waals surface area (Å²) in [5.41, 5.74) is 1.62. The van der Waals surface area contributed by atoms with E-state index in [1.165, 1.54) is 7.11 Å². The molecule has 20 heavy (non-hydrogen) atoms. The molecular formula is C13H15BrN2O4. The van der Waals surface area contributed by atoms with Gasteiger partial charge in [-0.15, -0.1) is 0 Å². The van der Waals surface area contributed by atoms with Crippen LogP contribution in [0.2, 0.25) is 0 Å². The standard InChI is InChI=1S/C13H15BrN2O4/c1-16(5-7(17)6-20-2)11-4-10-8(3-9(11)14)12(18)13(19)15-10/h3-4,7,17H,5-6H2,1-2H3,(H,15,18,19). The molecule has 0 radical (unpaired) electrons. The smallest absolute Gasteiger partial charge is 0.296 e. The lowest BCUT2D eigenvalue weighted by Crippen LogP contribution is -2.32. The lowest BCUT2D eigenvalue weighted by molar-refractivity contribution is -0.112. The number of Topliss-reactive ketones (excluding diaryl/α,β-unsaturated/α-hetero) is 1. The van der Waals surface area contributed by atoms with Crippen LogP contribution in [0.4, 0.5) is 11.4 Å². The summed E-state index contributed by atoms with van der Waals surface area (Å²) in [5, 5.41) is 12.3. The number of aliphatic hydroxyl groups is 1. The number of rotatable bonds is 5. The van der Waals surface area contributed by atoms with Crippen LogP contribution in [-0.2, 0) is 9.53 Å². The molecule has 6 nitrogen and oxygen atoms in total. The van der Waals surface area contributed by atoms with E-state index in [0.717, 1.165) is 5.69 Å². The van der Waals surface area contributed by atoms with Crippen molar-refractivity contribution < 1.29 is 19.4 Å². The highest BCUT2D eigenvalue weighted by molar-refractivity contribution is 9.10. The summed E-state index contributed by atoms with van der Waals surface area (Å²) in [6.07, 6.45) is -0.624. The van der Waals surface area contributed by atoms with Crippen LogP contribution in [0, 0.1) is 0 Å². The minimum atomic E-state index is -0.624. The molecule has 0 spiro atoms. The summed E-state index contributed by atoms with van der Waals surface area (Å²) >= 11 is 3.38. The molecule has 1 aliphatic heterocycles. The number of amides is 1. The van der Waals surface area contributed by atoms with Gasteiger partial charge < -0.3 is 20.1 Å². The Labute approximate surface area is 124 Å². The van der Waals surface area contributed by atoms with Gasteiger partial charge in [0, 0.05) is 25.2 Å². The third-order valence-electron chi connectivity index (χ3n) is 3.04. The molecule has 0 saturated heterocycles. The highest BCUT2D eigenvalue weighted by Gasteiger charge is 2.29. The van der Waals surface area contributed by atoms with Gasteiger partial charge in [0.15, 0.2) is 0 Å². The van der Waals surface area contributed by atoms with Crippen molar-refractivity contribution in [2.45, 2.75) is 6.10 Å². The Hall–Kier alpha value is -1.44. The predicted octanol–water partition coefficient (Wildman–Crippen LogP) is 1.03. The second kappa shape index (κ2) is 5.90. The van der Waals surface area contributed by atoms with Gasteiger partial charge in [-0.25, -0.2) is 0 Å². The number of ketones is 1. The maximum atomic E-state index is 11.6. The van der Waals surface area contributed by atoms with E-state index in [4.69, 9.17) is 4.74 Å². The molecule has 1 amide bonds. The van der Waals surface area contributed by atoms with Gasteiger partial charge in [-0.05, 0) is 28.1 Å². The van der Waals surface area contributed by atoms with Crippen molar-refractivity contribution in [1.82, 2.24) is 0 Å². The van der Waals surface area contributed by atoms with Crippen LogP contribution >= 0.6 is 15.9 Å². The van der Waals surface area contributed by atoms with E-state index in [2.05, 4.69) is 21.2 Å². The van der Waals surface area contributed by atoms with Crippen LogP contribution in [0.15, 0.2) is 16.6 Å². The van der Waals surface area contributed by atoms with E-state index >= 15 is 0 Å².